The molecule has 0 fully saturated rings. The first-order chi connectivity index (χ1) is 20.0. The lowest BCUT2D eigenvalue weighted by Crippen LogP contribution is -2.26. The van der Waals surface area contributed by atoms with Crippen molar-refractivity contribution in [1.29, 1.82) is 0 Å². The molecule has 0 aliphatic heterocycles. The van der Waals surface area contributed by atoms with E-state index >= 15 is 0 Å². The van der Waals surface area contributed by atoms with E-state index in [1.807, 2.05) is 32.0 Å². The number of pyridine rings is 2. The number of aromatic nitrogens is 3. The van der Waals surface area contributed by atoms with Crippen molar-refractivity contribution >= 4 is 22.6 Å². The first-order valence-corrected chi connectivity index (χ1v) is 13.1. The molecular formula is C32H25F3N4O3. The molecule has 0 bridgehead atoms. The van der Waals surface area contributed by atoms with Gasteiger partial charge in [-0.15, -0.1) is 0 Å². The van der Waals surface area contributed by atoms with E-state index in [0.29, 0.717) is 22.5 Å². The van der Waals surface area contributed by atoms with Crippen molar-refractivity contribution in [3.63, 3.8) is 0 Å². The van der Waals surface area contributed by atoms with Gasteiger partial charge in [-0.25, -0.2) is 14.6 Å². The van der Waals surface area contributed by atoms with Crippen LogP contribution >= 0.6 is 0 Å². The van der Waals surface area contributed by atoms with Crippen LogP contribution in [0.2, 0.25) is 0 Å². The molecule has 212 valence electrons. The first-order valence-electron chi connectivity index (χ1n) is 13.1. The van der Waals surface area contributed by atoms with Gasteiger partial charge in [-0.2, -0.15) is 13.2 Å². The smallest absolute Gasteiger partial charge is 0.407 e. The molecule has 42 heavy (non-hydrogen) atoms. The van der Waals surface area contributed by atoms with E-state index in [1.54, 1.807) is 43.3 Å². The summed E-state index contributed by atoms with van der Waals surface area (Å²) in [4.78, 5) is 36.2. The fourth-order valence-corrected chi connectivity index (χ4v) is 4.87. The average molecular weight is 571 g/mol. The molecule has 0 aliphatic carbocycles. The molecule has 0 amide bonds. The maximum Gasteiger partial charge on any atom is 0.407 e. The van der Waals surface area contributed by atoms with E-state index in [9.17, 15) is 22.8 Å². The van der Waals surface area contributed by atoms with Gasteiger partial charge in [0.1, 0.15) is 5.69 Å². The number of aryl methyl sites for hydroxylation is 2. The van der Waals surface area contributed by atoms with Crippen LogP contribution in [0.1, 0.15) is 39.7 Å². The molecule has 3 aromatic heterocycles. The molecular weight excluding hydrogens is 545 g/mol. The molecule has 5 aromatic rings. The van der Waals surface area contributed by atoms with Gasteiger partial charge in [-0.3, -0.25) is 4.79 Å². The number of fused-ring (bicyclic) bond motifs is 1. The minimum absolute atomic E-state index is 0.0437. The van der Waals surface area contributed by atoms with Crippen molar-refractivity contribution in [2.45, 2.75) is 33.5 Å². The minimum atomic E-state index is -4.92. The molecule has 0 aliphatic rings. The van der Waals surface area contributed by atoms with Crippen molar-refractivity contribution < 1.29 is 22.7 Å². The summed E-state index contributed by atoms with van der Waals surface area (Å²) in [5.41, 5.74) is 1.35. The Hall–Kier alpha value is -5.17. The van der Waals surface area contributed by atoms with Gasteiger partial charge in [0, 0.05) is 16.5 Å². The average Bonchev–Trinajstić information content (AvgIpc) is 3.38. The van der Waals surface area contributed by atoms with Crippen LogP contribution in [-0.2, 0) is 17.5 Å². The number of hydrogen-bond acceptors (Lipinski definition) is 4. The second-order valence-electron chi connectivity index (χ2n) is 9.84. The molecule has 2 aromatic carbocycles. The molecule has 7 nitrogen and oxygen atoms in total. The third-order valence-corrected chi connectivity index (χ3v) is 6.94. The van der Waals surface area contributed by atoms with Gasteiger partial charge in [0.2, 0.25) is 0 Å². The number of H-pyrrole nitrogens is 1. The number of halogens is 3. The fraction of sp³-hybridized carbons (Fsp3) is 0.188. The molecule has 0 atom stereocenters. The molecule has 3 heterocycles. The third-order valence-electron chi connectivity index (χ3n) is 6.94. The fourth-order valence-electron chi connectivity index (χ4n) is 4.87. The van der Waals surface area contributed by atoms with E-state index in [2.05, 4.69) is 14.8 Å². The topological polar surface area (TPSA) is 81.3 Å². The number of nitrogens with zero attached hydrogens (tertiary/aromatic N) is 3. The summed E-state index contributed by atoms with van der Waals surface area (Å²) in [5, 5.41) is 0.768. The van der Waals surface area contributed by atoms with Crippen molar-refractivity contribution in [2.75, 3.05) is 6.61 Å². The number of rotatable bonds is 6. The maximum atomic E-state index is 14.0. The highest BCUT2D eigenvalue weighted by molar-refractivity contribution is 5.96. The zero-order chi connectivity index (χ0) is 30.2. The van der Waals surface area contributed by atoms with Gasteiger partial charge >= 0.3 is 12.1 Å². The van der Waals surface area contributed by atoms with Crippen molar-refractivity contribution in [1.82, 2.24) is 14.5 Å². The Labute approximate surface area is 239 Å². The molecule has 10 heteroatoms. The second kappa shape index (κ2) is 11.0. The van der Waals surface area contributed by atoms with Crippen LogP contribution in [0.25, 0.3) is 38.4 Å². The van der Waals surface area contributed by atoms with Gasteiger partial charge in [0.05, 0.1) is 42.4 Å². The normalized spacial score (nSPS) is 11.5. The van der Waals surface area contributed by atoms with Crippen LogP contribution in [0.15, 0.2) is 71.5 Å². The van der Waals surface area contributed by atoms with Crippen LogP contribution in [0, 0.1) is 20.4 Å². The number of esters is 1. The Bertz CT molecular complexity index is 1950. The van der Waals surface area contributed by atoms with Crippen LogP contribution in [0.4, 0.5) is 18.9 Å². The van der Waals surface area contributed by atoms with E-state index in [1.165, 1.54) is 10.6 Å². The van der Waals surface area contributed by atoms with Crippen molar-refractivity contribution in [2.24, 2.45) is 0 Å². The second-order valence-corrected chi connectivity index (χ2v) is 9.84. The Morgan fingerprint density at radius 1 is 1.05 bits per heavy atom. The maximum absolute atomic E-state index is 14.0. The number of carbonyl (C=O) groups is 1. The number of benzene rings is 2. The molecule has 5 rings (SSSR count). The van der Waals surface area contributed by atoms with Crippen LogP contribution in [0.3, 0.4) is 0 Å². The van der Waals surface area contributed by atoms with E-state index in [4.69, 9.17) is 11.3 Å². The van der Waals surface area contributed by atoms with E-state index in [0.717, 1.165) is 28.1 Å². The van der Waals surface area contributed by atoms with Crippen LogP contribution in [0.5, 0.6) is 0 Å². The monoisotopic (exact) mass is 570 g/mol. The minimum Gasteiger partial charge on any atom is -0.461 e. The number of aromatic amines is 1. The standard InChI is InChI=1S/C32H25F3N4O3/c1-5-42-31(41)27-15-21-12-11-20(14-26(21)38-27)24-7-6-8-25(37-24)28-16-23(32(33,34)35)29(36-4)30(40)39(28)17-22-10-9-18(2)13-19(22)3/h6-16,38H,5,17H2,1-3H3. The summed E-state index contributed by atoms with van der Waals surface area (Å²) >= 11 is 0. The largest absolute Gasteiger partial charge is 0.461 e. The van der Waals surface area contributed by atoms with Crippen LogP contribution < -0.4 is 5.56 Å². The summed E-state index contributed by atoms with van der Waals surface area (Å²) in [5.74, 6) is -0.486. The van der Waals surface area contributed by atoms with Gasteiger partial charge in [-0.05, 0) is 62.2 Å². The number of ether oxygens (including phenoxy) is 1. The van der Waals surface area contributed by atoms with Crippen LogP contribution in [-0.4, -0.2) is 27.1 Å². The highest BCUT2D eigenvalue weighted by Gasteiger charge is 2.36. The first kappa shape index (κ1) is 28.4. The molecule has 0 spiro atoms. The lowest BCUT2D eigenvalue weighted by Gasteiger charge is -2.19. The lowest BCUT2D eigenvalue weighted by atomic mass is 10.0. The number of carbonyl (C=O) groups excluding carboxylic acids is 1. The van der Waals surface area contributed by atoms with E-state index < -0.39 is 29.0 Å². The SMILES string of the molecule is [C-]#[N+]c1c(C(F)(F)F)cc(-c2cccc(-c3ccc4cc(C(=O)OCC)[nH]c4c3)n2)n(Cc2ccc(C)cc2C)c1=O. The zero-order valence-electron chi connectivity index (χ0n) is 23.0. The number of nitrogens with one attached hydrogen (secondary N) is 1. The van der Waals surface area contributed by atoms with Gasteiger partial charge < -0.3 is 14.3 Å². The number of alkyl halides is 3. The van der Waals surface area contributed by atoms with Gasteiger partial charge in [-0.1, -0.05) is 42.0 Å². The summed E-state index contributed by atoms with van der Waals surface area (Å²) in [7, 11) is 0. The highest BCUT2D eigenvalue weighted by atomic mass is 19.4. The highest BCUT2D eigenvalue weighted by Crippen LogP contribution is 2.37. The molecule has 1 N–H and O–H groups in total. The summed E-state index contributed by atoms with van der Waals surface area (Å²) < 4.78 is 48.3. The van der Waals surface area contributed by atoms with E-state index in [-0.39, 0.29) is 24.5 Å². The summed E-state index contributed by atoms with van der Waals surface area (Å²) in [6, 6.07) is 18.3. The van der Waals surface area contributed by atoms with Gasteiger partial charge in [0.25, 0.3) is 11.2 Å². The molecule has 0 radical (unpaired) electrons. The predicted molar refractivity (Wildman–Crippen MR) is 153 cm³/mol. The lowest BCUT2D eigenvalue weighted by molar-refractivity contribution is -0.136. The molecule has 0 saturated heterocycles. The summed E-state index contributed by atoms with van der Waals surface area (Å²) in [6.07, 6.45) is -4.92. The zero-order valence-corrected chi connectivity index (χ0v) is 23.0. The Morgan fingerprint density at radius 3 is 2.50 bits per heavy atom. The van der Waals surface area contributed by atoms with Crippen molar-refractivity contribution in [3.05, 3.63) is 116 Å². The molecule has 0 saturated carbocycles. The van der Waals surface area contributed by atoms with Gasteiger partial charge in [0.15, 0.2) is 0 Å². The Balaban J connectivity index is 1.66. The molecule has 0 unspecified atom stereocenters. The Kier molecular flexibility index (Phi) is 7.44. The summed E-state index contributed by atoms with van der Waals surface area (Å²) in [6.45, 7) is 13.0. The number of hydrogen-bond donors (Lipinski definition) is 1. The quantitative estimate of drug-likeness (QED) is 0.170. The predicted octanol–water partition coefficient (Wildman–Crippen LogP) is 7.47. The Morgan fingerprint density at radius 2 is 1.81 bits per heavy atom. The van der Waals surface area contributed by atoms with Crippen molar-refractivity contribution in [3.8, 4) is 22.6 Å². The third kappa shape index (κ3) is 5.41.